The van der Waals surface area contributed by atoms with E-state index >= 15 is 0 Å². The molecule has 2 aromatic heterocycles. The summed E-state index contributed by atoms with van der Waals surface area (Å²) in [6.45, 7) is 0.502. The van der Waals surface area contributed by atoms with Crippen LogP contribution in [0, 0.1) is 4.77 Å². The second kappa shape index (κ2) is 5.37. The van der Waals surface area contributed by atoms with Crippen molar-refractivity contribution in [2.75, 3.05) is 18.6 Å². The van der Waals surface area contributed by atoms with Crippen molar-refractivity contribution in [3.8, 4) is 0 Å². The Morgan fingerprint density at radius 1 is 1.43 bits per heavy atom. The number of hydrogen-bond acceptors (Lipinski definition) is 6. The van der Waals surface area contributed by atoms with Gasteiger partial charge in [0, 0.05) is 6.04 Å². The van der Waals surface area contributed by atoms with Crippen LogP contribution in [0.5, 0.6) is 0 Å². The molecule has 9 heteroatoms. The largest absolute Gasteiger partial charge is 0.283 e. The Morgan fingerprint density at radius 3 is 2.96 bits per heavy atom. The first-order valence-electron chi connectivity index (χ1n) is 7.32. The Hall–Kier alpha value is -1.29. The molecule has 1 saturated heterocycles. The molecule has 0 bridgehead atoms. The zero-order valence-corrected chi connectivity index (χ0v) is 15.0. The Morgan fingerprint density at radius 2 is 2.22 bits per heavy atom. The van der Waals surface area contributed by atoms with Crippen LogP contribution >= 0.6 is 23.6 Å². The van der Waals surface area contributed by atoms with E-state index in [4.69, 9.17) is 12.2 Å². The Balaban J connectivity index is 1.67. The van der Waals surface area contributed by atoms with Gasteiger partial charge in [-0.2, -0.15) is 0 Å². The number of sulfone groups is 1. The van der Waals surface area contributed by atoms with Gasteiger partial charge >= 0.3 is 0 Å². The predicted octanol–water partition coefficient (Wildman–Crippen LogP) is 2.16. The maximum absolute atomic E-state index is 11.6. The molecule has 0 spiro atoms. The molecule has 1 fully saturated rings. The van der Waals surface area contributed by atoms with Crippen LogP contribution in [0.1, 0.15) is 6.42 Å². The van der Waals surface area contributed by atoms with Gasteiger partial charge in [-0.05, 0) is 37.8 Å². The lowest BCUT2D eigenvalue weighted by Gasteiger charge is -2.22. The zero-order valence-electron chi connectivity index (χ0n) is 12.5. The fourth-order valence-electron chi connectivity index (χ4n) is 3.03. The number of hydrogen-bond donors (Lipinski definition) is 0. The van der Waals surface area contributed by atoms with Crippen LogP contribution in [0.15, 0.2) is 24.3 Å². The summed E-state index contributed by atoms with van der Waals surface area (Å²) in [6.07, 6.45) is 0.678. The molecule has 1 unspecified atom stereocenters. The van der Waals surface area contributed by atoms with Gasteiger partial charge in [0.1, 0.15) is 0 Å². The van der Waals surface area contributed by atoms with Crippen molar-refractivity contribution in [1.29, 1.82) is 0 Å². The molecule has 23 heavy (non-hydrogen) atoms. The molecule has 122 valence electrons. The number of para-hydroxylation sites is 1. The van der Waals surface area contributed by atoms with Gasteiger partial charge in [-0.25, -0.2) is 13.1 Å². The molecule has 0 saturated carbocycles. The van der Waals surface area contributed by atoms with Crippen molar-refractivity contribution in [2.24, 2.45) is 0 Å². The lowest BCUT2D eigenvalue weighted by atomic mass is 10.2. The summed E-state index contributed by atoms with van der Waals surface area (Å²) < 4.78 is 28.8. The van der Waals surface area contributed by atoms with Gasteiger partial charge in [-0.3, -0.25) is 9.30 Å². The standard InChI is InChI=1S/C14H16N4O2S3/c1-16(10-6-7-23(19,20)8-10)9-17-14(21)18-11-4-2-3-5-12(11)22-13(18)15-17/h2-5,10H,6-9H2,1H3. The van der Waals surface area contributed by atoms with E-state index < -0.39 is 9.84 Å². The molecule has 0 aliphatic carbocycles. The van der Waals surface area contributed by atoms with E-state index in [2.05, 4.69) is 11.2 Å². The lowest BCUT2D eigenvalue weighted by molar-refractivity contribution is 0.197. The Kier molecular flexibility index (Phi) is 3.56. The average Bonchev–Trinajstić information content (AvgIpc) is 3.13. The van der Waals surface area contributed by atoms with E-state index in [9.17, 15) is 8.42 Å². The number of rotatable bonds is 3. The molecule has 3 heterocycles. The minimum Gasteiger partial charge on any atom is -0.283 e. The SMILES string of the molecule is CN(Cn1nc2sc3ccccc3n2c1=S)C1CCS(=O)(=O)C1. The zero-order chi connectivity index (χ0) is 16.2. The number of benzene rings is 1. The van der Waals surface area contributed by atoms with Crippen molar-refractivity contribution >= 4 is 48.6 Å². The normalized spacial score (nSPS) is 20.9. The first-order valence-corrected chi connectivity index (χ1v) is 10.4. The van der Waals surface area contributed by atoms with E-state index in [1.165, 1.54) is 0 Å². The van der Waals surface area contributed by atoms with E-state index in [0.717, 1.165) is 15.2 Å². The molecule has 1 aliphatic heterocycles. The predicted molar refractivity (Wildman–Crippen MR) is 94.2 cm³/mol. The summed E-state index contributed by atoms with van der Waals surface area (Å²) >= 11 is 7.18. The molecule has 1 aromatic carbocycles. The maximum atomic E-state index is 11.6. The minimum atomic E-state index is -2.89. The van der Waals surface area contributed by atoms with E-state index in [-0.39, 0.29) is 17.5 Å². The van der Waals surface area contributed by atoms with Crippen LogP contribution in [0.4, 0.5) is 0 Å². The van der Waals surface area contributed by atoms with Gasteiger partial charge in [0.25, 0.3) is 0 Å². The molecule has 1 aliphatic rings. The number of aromatic nitrogens is 3. The van der Waals surface area contributed by atoms with Crippen LogP contribution in [-0.2, 0) is 16.5 Å². The van der Waals surface area contributed by atoms with Gasteiger partial charge in [0.2, 0.25) is 9.73 Å². The van der Waals surface area contributed by atoms with Crippen LogP contribution in [-0.4, -0.2) is 52.1 Å². The highest BCUT2D eigenvalue weighted by Crippen LogP contribution is 2.26. The highest BCUT2D eigenvalue weighted by Gasteiger charge is 2.30. The molecule has 4 rings (SSSR count). The van der Waals surface area contributed by atoms with Crippen LogP contribution in [0.25, 0.3) is 15.2 Å². The highest BCUT2D eigenvalue weighted by molar-refractivity contribution is 7.91. The van der Waals surface area contributed by atoms with E-state index in [1.807, 2.05) is 34.5 Å². The second-order valence-corrected chi connectivity index (χ2v) is 9.53. The monoisotopic (exact) mass is 368 g/mol. The summed E-state index contributed by atoms with van der Waals surface area (Å²) in [5.74, 6) is 0.498. The number of nitrogens with zero attached hydrogens (tertiary/aromatic N) is 4. The third-order valence-electron chi connectivity index (χ3n) is 4.31. The molecule has 0 radical (unpaired) electrons. The number of fused-ring (bicyclic) bond motifs is 3. The van der Waals surface area contributed by atoms with Crippen molar-refractivity contribution < 1.29 is 8.42 Å². The van der Waals surface area contributed by atoms with Gasteiger partial charge in [-0.15, -0.1) is 5.10 Å². The van der Waals surface area contributed by atoms with Gasteiger partial charge < -0.3 is 0 Å². The van der Waals surface area contributed by atoms with Crippen molar-refractivity contribution in [3.63, 3.8) is 0 Å². The van der Waals surface area contributed by atoms with Gasteiger partial charge in [0.05, 0.1) is 28.4 Å². The average molecular weight is 369 g/mol. The summed E-state index contributed by atoms with van der Waals surface area (Å²) in [7, 11) is -0.957. The van der Waals surface area contributed by atoms with Crippen molar-refractivity contribution in [3.05, 3.63) is 29.0 Å². The van der Waals surface area contributed by atoms with E-state index in [0.29, 0.717) is 17.9 Å². The molecule has 0 amide bonds. The summed E-state index contributed by atoms with van der Waals surface area (Å²) in [5.41, 5.74) is 1.06. The van der Waals surface area contributed by atoms with Gasteiger partial charge in [-0.1, -0.05) is 23.5 Å². The molecular formula is C14H16N4O2S3. The fraction of sp³-hybridized carbons (Fsp3) is 0.429. The lowest BCUT2D eigenvalue weighted by Crippen LogP contribution is -2.34. The fourth-order valence-corrected chi connectivity index (χ4v) is 6.20. The summed E-state index contributed by atoms with van der Waals surface area (Å²) in [6, 6.07) is 8.13. The van der Waals surface area contributed by atoms with Crippen molar-refractivity contribution in [1.82, 2.24) is 19.1 Å². The van der Waals surface area contributed by atoms with Crippen molar-refractivity contribution in [2.45, 2.75) is 19.1 Å². The van der Waals surface area contributed by atoms with Crippen LogP contribution < -0.4 is 0 Å². The quantitative estimate of drug-likeness (QED) is 0.663. The first-order chi connectivity index (χ1) is 10.9. The molecule has 0 N–H and O–H groups in total. The summed E-state index contributed by atoms with van der Waals surface area (Å²) in [4.78, 5) is 2.89. The first kappa shape index (κ1) is 15.3. The second-order valence-electron chi connectivity index (χ2n) is 5.93. The Bertz CT molecular complexity index is 1050. The topological polar surface area (TPSA) is 59.6 Å². The van der Waals surface area contributed by atoms with Crippen LogP contribution in [0.3, 0.4) is 0 Å². The Labute approximate surface area is 142 Å². The third-order valence-corrected chi connectivity index (χ3v) is 7.46. The molecule has 6 nitrogen and oxygen atoms in total. The minimum absolute atomic E-state index is 0.0402. The smallest absolute Gasteiger partial charge is 0.216 e. The third kappa shape index (κ3) is 2.61. The number of thiazole rings is 1. The molecule has 1 atom stereocenters. The summed E-state index contributed by atoms with van der Waals surface area (Å²) in [5, 5.41) is 4.60. The maximum Gasteiger partial charge on any atom is 0.216 e. The van der Waals surface area contributed by atoms with Crippen LogP contribution in [0.2, 0.25) is 0 Å². The highest BCUT2D eigenvalue weighted by atomic mass is 32.2. The van der Waals surface area contributed by atoms with E-state index in [1.54, 1.807) is 16.0 Å². The molecule has 3 aromatic rings. The van der Waals surface area contributed by atoms with Gasteiger partial charge in [0.15, 0.2) is 9.84 Å². The molecular weight excluding hydrogens is 352 g/mol.